The van der Waals surface area contributed by atoms with E-state index in [0.717, 1.165) is 16.1 Å². The Morgan fingerprint density at radius 3 is 2.95 bits per heavy atom. The minimum absolute atomic E-state index is 0.210. The van der Waals surface area contributed by atoms with E-state index in [4.69, 9.17) is 5.11 Å². The van der Waals surface area contributed by atoms with E-state index in [-0.39, 0.29) is 5.56 Å². The molecule has 3 aromatic rings. The molecule has 3 rings (SSSR count). The van der Waals surface area contributed by atoms with E-state index >= 15 is 0 Å². The minimum atomic E-state index is -0.969. The standard InChI is InChI=1S/C14H12N4O2S/c1-8-18-10(6-21-8)5-15-13-11-3-2-9(14(19)20)4-12(11)16-7-17-13/h2-4,6-7H,5H2,1H3,(H,19,20)(H,15,16,17). The normalized spacial score (nSPS) is 10.7. The van der Waals surface area contributed by atoms with Gasteiger partial charge in [0.1, 0.15) is 12.1 Å². The van der Waals surface area contributed by atoms with Gasteiger partial charge in [0.05, 0.1) is 28.3 Å². The lowest BCUT2D eigenvalue weighted by Gasteiger charge is -2.07. The molecule has 0 fully saturated rings. The first kappa shape index (κ1) is 13.4. The smallest absolute Gasteiger partial charge is 0.335 e. The van der Waals surface area contributed by atoms with Crippen molar-refractivity contribution in [1.82, 2.24) is 15.0 Å². The Hall–Kier alpha value is -2.54. The highest BCUT2D eigenvalue weighted by Crippen LogP contribution is 2.21. The topological polar surface area (TPSA) is 88.0 Å². The molecule has 0 unspecified atom stereocenters. The third-order valence-electron chi connectivity index (χ3n) is 2.99. The van der Waals surface area contributed by atoms with Crippen LogP contribution in [0.2, 0.25) is 0 Å². The second-order valence-corrected chi connectivity index (χ2v) is 5.53. The molecule has 0 bridgehead atoms. The molecule has 0 amide bonds. The molecule has 106 valence electrons. The van der Waals surface area contributed by atoms with Crippen molar-refractivity contribution >= 4 is 34.0 Å². The van der Waals surface area contributed by atoms with E-state index in [1.54, 1.807) is 23.5 Å². The average Bonchev–Trinajstić information content (AvgIpc) is 2.90. The number of carboxylic acids is 1. The van der Waals surface area contributed by atoms with E-state index in [0.29, 0.717) is 17.9 Å². The highest BCUT2D eigenvalue weighted by Gasteiger charge is 2.08. The van der Waals surface area contributed by atoms with Crippen molar-refractivity contribution < 1.29 is 9.90 Å². The number of carbonyl (C=O) groups is 1. The van der Waals surface area contributed by atoms with Crippen molar-refractivity contribution in [3.63, 3.8) is 0 Å². The quantitative estimate of drug-likeness (QED) is 0.770. The average molecular weight is 300 g/mol. The van der Waals surface area contributed by atoms with Gasteiger partial charge in [-0.1, -0.05) is 0 Å². The summed E-state index contributed by atoms with van der Waals surface area (Å²) in [7, 11) is 0. The molecule has 7 heteroatoms. The maximum atomic E-state index is 11.0. The first-order valence-electron chi connectivity index (χ1n) is 6.26. The monoisotopic (exact) mass is 300 g/mol. The molecule has 2 N–H and O–H groups in total. The van der Waals surface area contributed by atoms with E-state index in [2.05, 4.69) is 20.3 Å². The van der Waals surface area contributed by atoms with Crippen molar-refractivity contribution in [3.05, 3.63) is 46.2 Å². The van der Waals surface area contributed by atoms with Crippen molar-refractivity contribution in [2.24, 2.45) is 0 Å². The Labute approximate surface area is 124 Å². The van der Waals surface area contributed by atoms with Crippen LogP contribution in [0.25, 0.3) is 10.9 Å². The molecule has 0 saturated carbocycles. The van der Waals surface area contributed by atoms with Crippen LogP contribution in [-0.4, -0.2) is 26.0 Å². The lowest BCUT2D eigenvalue weighted by molar-refractivity contribution is 0.0697. The van der Waals surface area contributed by atoms with Gasteiger partial charge in [0.15, 0.2) is 0 Å². The number of nitrogens with zero attached hydrogens (tertiary/aromatic N) is 3. The van der Waals surface area contributed by atoms with Crippen molar-refractivity contribution in [3.8, 4) is 0 Å². The van der Waals surface area contributed by atoms with Gasteiger partial charge in [0, 0.05) is 10.8 Å². The molecular formula is C14H12N4O2S. The summed E-state index contributed by atoms with van der Waals surface area (Å²) in [6.07, 6.45) is 1.42. The Morgan fingerprint density at radius 2 is 2.24 bits per heavy atom. The summed E-state index contributed by atoms with van der Waals surface area (Å²) in [4.78, 5) is 23.7. The van der Waals surface area contributed by atoms with Crippen LogP contribution in [0.1, 0.15) is 21.1 Å². The molecule has 0 aliphatic heterocycles. The van der Waals surface area contributed by atoms with Gasteiger partial charge in [0.2, 0.25) is 0 Å². The number of carboxylic acid groups (broad SMARTS) is 1. The fraction of sp³-hybridized carbons (Fsp3) is 0.143. The molecule has 0 saturated heterocycles. The van der Waals surface area contributed by atoms with Gasteiger partial charge in [-0.05, 0) is 25.1 Å². The van der Waals surface area contributed by atoms with Crippen LogP contribution in [0.15, 0.2) is 29.9 Å². The second kappa shape index (κ2) is 5.45. The number of aromatic nitrogens is 3. The lowest BCUT2D eigenvalue weighted by Crippen LogP contribution is -2.03. The zero-order chi connectivity index (χ0) is 14.8. The summed E-state index contributed by atoms with van der Waals surface area (Å²) < 4.78 is 0. The summed E-state index contributed by atoms with van der Waals surface area (Å²) in [5.41, 5.74) is 1.76. The number of thiazole rings is 1. The summed E-state index contributed by atoms with van der Waals surface area (Å²) in [5.74, 6) is -0.300. The van der Waals surface area contributed by atoms with Crippen LogP contribution in [-0.2, 0) is 6.54 Å². The fourth-order valence-corrected chi connectivity index (χ4v) is 2.61. The van der Waals surface area contributed by atoms with Gasteiger partial charge in [-0.2, -0.15) is 0 Å². The number of fused-ring (bicyclic) bond motifs is 1. The van der Waals surface area contributed by atoms with Gasteiger partial charge in [0.25, 0.3) is 0 Å². The van der Waals surface area contributed by atoms with Crippen molar-refractivity contribution in [2.75, 3.05) is 5.32 Å². The van der Waals surface area contributed by atoms with Gasteiger partial charge in [-0.25, -0.2) is 19.7 Å². The molecule has 0 spiro atoms. The molecule has 0 atom stereocenters. The highest BCUT2D eigenvalue weighted by atomic mass is 32.1. The third kappa shape index (κ3) is 2.82. The van der Waals surface area contributed by atoms with Crippen LogP contribution < -0.4 is 5.32 Å². The Kier molecular flexibility index (Phi) is 3.49. The van der Waals surface area contributed by atoms with Gasteiger partial charge >= 0.3 is 5.97 Å². The summed E-state index contributed by atoms with van der Waals surface area (Å²) in [5, 5.41) is 16.0. The zero-order valence-electron chi connectivity index (χ0n) is 11.2. The van der Waals surface area contributed by atoms with E-state index in [1.807, 2.05) is 12.3 Å². The molecule has 6 nitrogen and oxygen atoms in total. The Bertz CT molecular complexity index is 816. The maximum absolute atomic E-state index is 11.0. The molecular weight excluding hydrogens is 288 g/mol. The number of benzene rings is 1. The van der Waals surface area contributed by atoms with Gasteiger partial charge < -0.3 is 10.4 Å². The third-order valence-corrected chi connectivity index (χ3v) is 3.81. The molecule has 1 aromatic carbocycles. The van der Waals surface area contributed by atoms with Crippen LogP contribution in [0.3, 0.4) is 0 Å². The molecule has 2 heterocycles. The van der Waals surface area contributed by atoms with E-state index in [1.165, 1.54) is 12.4 Å². The summed E-state index contributed by atoms with van der Waals surface area (Å²) >= 11 is 1.60. The number of aromatic carboxylic acids is 1. The minimum Gasteiger partial charge on any atom is -0.478 e. The number of aryl methyl sites for hydroxylation is 1. The number of rotatable bonds is 4. The maximum Gasteiger partial charge on any atom is 0.335 e. The number of anilines is 1. The molecule has 21 heavy (non-hydrogen) atoms. The predicted molar refractivity (Wildman–Crippen MR) is 80.7 cm³/mol. The van der Waals surface area contributed by atoms with Crippen LogP contribution in [0.5, 0.6) is 0 Å². The number of hydrogen-bond acceptors (Lipinski definition) is 6. The van der Waals surface area contributed by atoms with Crippen LogP contribution in [0.4, 0.5) is 5.82 Å². The fourth-order valence-electron chi connectivity index (χ4n) is 1.99. The zero-order valence-corrected chi connectivity index (χ0v) is 12.0. The first-order valence-corrected chi connectivity index (χ1v) is 7.14. The molecule has 0 aliphatic carbocycles. The molecule has 0 radical (unpaired) electrons. The highest BCUT2D eigenvalue weighted by molar-refractivity contribution is 7.09. The second-order valence-electron chi connectivity index (χ2n) is 4.47. The van der Waals surface area contributed by atoms with Crippen molar-refractivity contribution in [1.29, 1.82) is 0 Å². The van der Waals surface area contributed by atoms with E-state index in [9.17, 15) is 4.79 Å². The first-order chi connectivity index (χ1) is 10.1. The largest absolute Gasteiger partial charge is 0.478 e. The van der Waals surface area contributed by atoms with E-state index < -0.39 is 5.97 Å². The SMILES string of the molecule is Cc1nc(CNc2ncnc3cc(C(=O)O)ccc23)cs1. The number of hydrogen-bond donors (Lipinski definition) is 2. The predicted octanol–water partition coefficient (Wildman–Crippen LogP) is 2.71. The molecule has 2 aromatic heterocycles. The molecule has 0 aliphatic rings. The summed E-state index contributed by atoms with van der Waals surface area (Å²) in [6.45, 7) is 2.53. The Morgan fingerprint density at radius 1 is 1.38 bits per heavy atom. The van der Waals surface area contributed by atoms with Crippen LogP contribution in [0, 0.1) is 6.92 Å². The summed E-state index contributed by atoms with van der Waals surface area (Å²) in [6, 6.07) is 4.80. The van der Waals surface area contributed by atoms with Crippen LogP contribution >= 0.6 is 11.3 Å². The number of nitrogens with one attached hydrogen (secondary N) is 1. The van der Waals surface area contributed by atoms with Gasteiger partial charge in [-0.3, -0.25) is 0 Å². The van der Waals surface area contributed by atoms with Gasteiger partial charge in [-0.15, -0.1) is 11.3 Å². The van der Waals surface area contributed by atoms with Crippen molar-refractivity contribution in [2.45, 2.75) is 13.5 Å². The Balaban J connectivity index is 1.90. The lowest BCUT2D eigenvalue weighted by atomic mass is 10.1.